The molecule has 0 spiro atoms. The molecule has 5 nitrogen and oxygen atoms in total. The molecule has 0 atom stereocenters. The summed E-state index contributed by atoms with van der Waals surface area (Å²) in [6, 6.07) is 9.01. The summed E-state index contributed by atoms with van der Waals surface area (Å²) in [5, 5.41) is 0. The second-order valence-electron chi connectivity index (χ2n) is 5.79. The Kier molecular flexibility index (Phi) is 5.09. The van der Waals surface area contributed by atoms with E-state index in [1.165, 1.54) is 13.2 Å². The predicted octanol–water partition coefficient (Wildman–Crippen LogP) is 4.14. The normalized spacial score (nSPS) is 11.3. The van der Waals surface area contributed by atoms with Gasteiger partial charge in [0.15, 0.2) is 11.6 Å². The van der Waals surface area contributed by atoms with Crippen LogP contribution >= 0.6 is 0 Å². The highest BCUT2D eigenvalue weighted by atomic mass is 32.2. The Hall–Kier alpha value is -3.00. The zero-order chi connectivity index (χ0) is 19.6. The van der Waals surface area contributed by atoms with Crippen molar-refractivity contribution in [3.05, 3.63) is 72.1 Å². The Bertz CT molecular complexity index is 1100. The minimum atomic E-state index is -4.09. The van der Waals surface area contributed by atoms with Crippen molar-refractivity contribution in [1.82, 2.24) is 4.98 Å². The summed E-state index contributed by atoms with van der Waals surface area (Å²) >= 11 is 0. The van der Waals surface area contributed by atoms with Crippen LogP contribution in [0.1, 0.15) is 5.56 Å². The number of aryl methyl sites for hydroxylation is 1. The quantitative estimate of drug-likeness (QED) is 0.711. The van der Waals surface area contributed by atoms with Crippen molar-refractivity contribution >= 4 is 15.7 Å². The van der Waals surface area contributed by atoms with Crippen molar-refractivity contribution in [3.8, 4) is 16.9 Å². The molecule has 0 aliphatic rings. The van der Waals surface area contributed by atoms with Gasteiger partial charge in [-0.25, -0.2) is 17.2 Å². The van der Waals surface area contributed by atoms with Crippen LogP contribution < -0.4 is 9.46 Å². The van der Waals surface area contributed by atoms with Crippen molar-refractivity contribution in [3.63, 3.8) is 0 Å². The maximum Gasteiger partial charge on any atom is 0.262 e. The van der Waals surface area contributed by atoms with Crippen LogP contribution in [0.3, 0.4) is 0 Å². The third-order valence-electron chi connectivity index (χ3n) is 3.98. The van der Waals surface area contributed by atoms with Crippen molar-refractivity contribution in [2.75, 3.05) is 11.8 Å². The molecule has 0 amide bonds. The van der Waals surface area contributed by atoms with Gasteiger partial charge in [0.1, 0.15) is 5.75 Å². The van der Waals surface area contributed by atoms with Gasteiger partial charge in [-0.15, -0.1) is 0 Å². The van der Waals surface area contributed by atoms with Crippen molar-refractivity contribution in [1.29, 1.82) is 0 Å². The Labute approximate surface area is 155 Å². The van der Waals surface area contributed by atoms with E-state index in [9.17, 15) is 17.2 Å². The molecule has 1 heterocycles. The fraction of sp³-hybridized carbons (Fsp3) is 0.105. The molecule has 1 aromatic heterocycles. The number of hydrogen-bond donors (Lipinski definition) is 1. The van der Waals surface area contributed by atoms with Crippen LogP contribution in [-0.4, -0.2) is 20.5 Å². The lowest BCUT2D eigenvalue weighted by molar-refractivity contribution is 0.416. The average Bonchev–Trinajstić information content (AvgIpc) is 2.64. The maximum atomic E-state index is 13.4. The van der Waals surface area contributed by atoms with Gasteiger partial charge < -0.3 is 4.74 Å². The molecule has 0 saturated heterocycles. The molecule has 27 heavy (non-hydrogen) atoms. The number of sulfonamides is 1. The van der Waals surface area contributed by atoms with Gasteiger partial charge >= 0.3 is 0 Å². The molecule has 0 bridgehead atoms. The number of anilines is 1. The highest BCUT2D eigenvalue weighted by molar-refractivity contribution is 7.92. The van der Waals surface area contributed by atoms with Crippen molar-refractivity contribution < 1.29 is 21.9 Å². The summed E-state index contributed by atoms with van der Waals surface area (Å²) in [6.45, 7) is 1.93. The van der Waals surface area contributed by atoms with Crippen LogP contribution in [0.5, 0.6) is 5.75 Å². The molecular weight excluding hydrogens is 374 g/mol. The third-order valence-corrected chi connectivity index (χ3v) is 5.36. The topological polar surface area (TPSA) is 68.3 Å². The van der Waals surface area contributed by atoms with E-state index in [4.69, 9.17) is 4.74 Å². The molecular formula is C19H16F2N2O3S. The molecule has 2 aromatic carbocycles. The predicted molar refractivity (Wildman–Crippen MR) is 98.1 cm³/mol. The van der Waals surface area contributed by atoms with Gasteiger partial charge in [-0.2, -0.15) is 0 Å². The van der Waals surface area contributed by atoms with Crippen LogP contribution in [0, 0.1) is 18.6 Å². The fourth-order valence-electron chi connectivity index (χ4n) is 2.58. The number of pyridine rings is 1. The van der Waals surface area contributed by atoms with Gasteiger partial charge in [-0.05, 0) is 48.9 Å². The fourth-order valence-corrected chi connectivity index (χ4v) is 3.64. The summed E-state index contributed by atoms with van der Waals surface area (Å²) < 4.78 is 59.0. The summed E-state index contributed by atoms with van der Waals surface area (Å²) in [5.41, 5.74) is 2.81. The number of hydrogen-bond acceptors (Lipinski definition) is 4. The largest absolute Gasteiger partial charge is 0.496 e. The molecule has 0 fully saturated rings. The Morgan fingerprint density at radius 3 is 2.44 bits per heavy atom. The number of methoxy groups -OCH3 is 1. The van der Waals surface area contributed by atoms with E-state index >= 15 is 0 Å². The minimum absolute atomic E-state index is 0.224. The molecule has 1 N–H and O–H groups in total. The van der Waals surface area contributed by atoms with E-state index in [2.05, 4.69) is 9.71 Å². The van der Waals surface area contributed by atoms with E-state index in [0.717, 1.165) is 28.8 Å². The Morgan fingerprint density at radius 2 is 1.78 bits per heavy atom. The van der Waals surface area contributed by atoms with Crippen LogP contribution in [-0.2, 0) is 10.0 Å². The highest BCUT2D eigenvalue weighted by Crippen LogP contribution is 2.34. The first-order valence-electron chi connectivity index (χ1n) is 7.89. The maximum absolute atomic E-state index is 13.4. The van der Waals surface area contributed by atoms with Gasteiger partial charge in [-0.1, -0.05) is 0 Å². The smallest absolute Gasteiger partial charge is 0.262 e. The summed E-state index contributed by atoms with van der Waals surface area (Å²) in [4.78, 5) is 3.72. The highest BCUT2D eigenvalue weighted by Gasteiger charge is 2.18. The Balaban J connectivity index is 1.96. The number of benzene rings is 2. The van der Waals surface area contributed by atoms with Gasteiger partial charge in [-0.3, -0.25) is 9.71 Å². The summed E-state index contributed by atoms with van der Waals surface area (Å²) in [7, 11) is -2.62. The molecule has 0 aliphatic heterocycles. The van der Waals surface area contributed by atoms with Crippen LogP contribution in [0.4, 0.5) is 14.5 Å². The minimum Gasteiger partial charge on any atom is -0.496 e. The van der Waals surface area contributed by atoms with E-state index in [0.29, 0.717) is 11.8 Å². The number of rotatable bonds is 5. The first-order valence-corrected chi connectivity index (χ1v) is 9.37. The SMILES string of the molecule is COc1cc(NS(=O)(=O)c2ccc(F)c(F)c2)ccc1-c1cnccc1C. The van der Waals surface area contributed by atoms with Crippen molar-refractivity contribution in [2.24, 2.45) is 0 Å². The number of aromatic nitrogens is 1. The number of nitrogens with zero attached hydrogens (tertiary/aromatic N) is 1. The zero-order valence-electron chi connectivity index (χ0n) is 14.5. The molecule has 140 valence electrons. The summed E-state index contributed by atoms with van der Waals surface area (Å²) in [6.07, 6.45) is 3.37. The van der Waals surface area contributed by atoms with E-state index in [-0.39, 0.29) is 10.6 Å². The molecule has 0 unspecified atom stereocenters. The van der Waals surface area contributed by atoms with Gasteiger partial charge in [0.25, 0.3) is 10.0 Å². The molecule has 3 aromatic rings. The second-order valence-corrected chi connectivity index (χ2v) is 7.47. The third kappa shape index (κ3) is 3.90. The van der Waals surface area contributed by atoms with Crippen LogP contribution in [0.2, 0.25) is 0 Å². The lowest BCUT2D eigenvalue weighted by Gasteiger charge is -2.14. The van der Waals surface area contributed by atoms with E-state index in [1.54, 1.807) is 24.5 Å². The second kappa shape index (κ2) is 7.32. The first-order chi connectivity index (χ1) is 12.8. The summed E-state index contributed by atoms with van der Waals surface area (Å²) in [5.74, 6) is -1.92. The lowest BCUT2D eigenvalue weighted by Crippen LogP contribution is -2.13. The number of nitrogens with one attached hydrogen (secondary N) is 1. The standard InChI is InChI=1S/C19H16F2N2O3S/c1-12-7-8-22-11-16(12)15-5-3-13(9-19(15)26-2)23-27(24,25)14-4-6-17(20)18(21)10-14/h3-11,23H,1-2H3. The molecule has 0 aliphatic carbocycles. The molecule has 3 rings (SSSR count). The van der Waals surface area contributed by atoms with Gasteiger partial charge in [0, 0.05) is 29.6 Å². The monoisotopic (exact) mass is 390 g/mol. The average molecular weight is 390 g/mol. The van der Waals surface area contributed by atoms with E-state index in [1.807, 2.05) is 13.0 Å². The van der Waals surface area contributed by atoms with Gasteiger partial charge in [0.05, 0.1) is 17.7 Å². The molecule has 0 saturated carbocycles. The van der Waals surface area contributed by atoms with Crippen LogP contribution in [0.25, 0.3) is 11.1 Å². The van der Waals surface area contributed by atoms with Crippen LogP contribution in [0.15, 0.2) is 59.8 Å². The van der Waals surface area contributed by atoms with E-state index < -0.39 is 21.7 Å². The number of halogens is 2. The molecule has 0 radical (unpaired) electrons. The zero-order valence-corrected chi connectivity index (χ0v) is 15.3. The first kappa shape index (κ1) is 18.8. The number of ether oxygens (including phenoxy) is 1. The Morgan fingerprint density at radius 1 is 1.00 bits per heavy atom. The molecule has 8 heteroatoms. The van der Waals surface area contributed by atoms with Crippen molar-refractivity contribution in [2.45, 2.75) is 11.8 Å². The lowest BCUT2D eigenvalue weighted by atomic mass is 10.0. The van der Waals surface area contributed by atoms with Gasteiger partial charge in [0.2, 0.25) is 0 Å².